The van der Waals surface area contributed by atoms with E-state index in [9.17, 15) is 14.4 Å². The van der Waals surface area contributed by atoms with Crippen molar-refractivity contribution in [2.75, 3.05) is 46.6 Å². The van der Waals surface area contributed by atoms with E-state index in [1.54, 1.807) is 16.8 Å². The fourth-order valence-electron chi connectivity index (χ4n) is 4.06. The van der Waals surface area contributed by atoms with Crippen LogP contribution in [-0.4, -0.2) is 79.0 Å². The van der Waals surface area contributed by atoms with Gasteiger partial charge in [0.15, 0.2) is 0 Å². The van der Waals surface area contributed by atoms with Crippen molar-refractivity contribution >= 4 is 17.7 Å². The lowest BCUT2D eigenvalue weighted by Crippen LogP contribution is -2.48. The molecular formula is C17H27N3O4. The fraction of sp³-hybridized carbons (Fsp3) is 0.824. The van der Waals surface area contributed by atoms with Crippen LogP contribution in [0.5, 0.6) is 0 Å². The minimum absolute atomic E-state index is 0.0206. The molecule has 134 valence electrons. The second-order valence-electron chi connectivity index (χ2n) is 7.29. The molecule has 0 aromatic heterocycles. The van der Waals surface area contributed by atoms with Gasteiger partial charge in [-0.25, -0.2) is 0 Å². The van der Waals surface area contributed by atoms with E-state index >= 15 is 0 Å². The summed E-state index contributed by atoms with van der Waals surface area (Å²) in [5.41, 5.74) is -0.454. The maximum absolute atomic E-state index is 12.8. The third kappa shape index (κ3) is 3.47. The first-order valence-corrected chi connectivity index (χ1v) is 8.91. The van der Waals surface area contributed by atoms with Crippen molar-refractivity contribution in [3.05, 3.63) is 0 Å². The lowest BCUT2D eigenvalue weighted by molar-refractivity contribution is -0.146. The quantitative estimate of drug-likeness (QED) is 0.697. The number of carbonyl (C=O) groups excluding carboxylic acids is 3. The van der Waals surface area contributed by atoms with E-state index in [0.29, 0.717) is 32.7 Å². The molecule has 7 nitrogen and oxygen atoms in total. The third-order valence-electron chi connectivity index (χ3n) is 5.45. The van der Waals surface area contributed by atoms with Crippen molar-refractivity contribution in [3.63, 3.8) is 0 Å². The average molecular weight is 337 g/mol. The summed E-state index contributed by atoms with van der Waals surface area (Å²) in [5.74, 6) is -0.0993. The monoisotopic (exact) mass is 337 g/mol. The topological polar surface area (TPSA) is 70.2 Å². The first-order chi connectivity index (χ1) is 11.5. The Bertz CT molecular complexity index is 510. The number of hydrogen-bond acceptors (Lipinski definition) is 5. The molecule has 3 aliphatic rings. The highest BCUT2D eigenvalue weighted by molar-refractivity contribution is 6.05. The van der Waals surface area contributed by atoms with Gasteiger partial charge >= 0.3 is 0 Å². The van der Waals surface area contributed by atoms with Crippen molar-refractivity contribution in [2.24, 2.45) is 5.41 Å². The van der Waals surface area contributed by atoms with E-state index in [4.69, 9.17) is 4.74 Å². The Kier molecular flexibility index (Phi) is 5.20. The van der Waals surface area contributed by atoms with Crippen LogP contribution in [0.1, 0.15) is 38.5 Å². The number of hydrogen-bond donors (Lipinski definition) is 0. The van der Waals surface area contributed by atoms with E-state index in [-0.39, 0.29) is 30.9 Å². The van der Waals surface area contributed by atoms with E-state index in [1.807, 2.05) is 0 Å². The van der Waals surface area contributed by atoms with Gasteiger partial charge in [-0.1, -0.05) is 19.3 Å². The number of likely N-dealkylation sites (tertiary alicyclic amines) is 1. The van der Waals surface area contributed by atoms with E-state index in [2.05, 4.69) is 0 Å². The van der Waals surface area contributed by atoms with Crippen molar-refractivity contribution in [3.8, 4) is 0 Å². The van der Waals surface area contributed by atoms with Crippen molar-refractivity contribution in [1.82, 2.24) is 14.7 Å². The van der Waals surface area contributed by atoms with Crippen LogP contribution >= 0.6 is 0 Å². The molecule has 3 fully saturated rings. The lowest BCUT2D eigenvalue weighted by Gasteiger charge is -2.32. The van der Waals surface area contributed by atoms with E-state index in [1.165, 1.54) is 4.90 Å². The van der Waals surface area contributed by atoms with Gasteiger partial charge in [-0.15, -0.1) is 0 Å². The molecule has 3 rings (SSSR count). The predicted molar refractivity (Wildman–Crippen MR) is 86.9 cm³/mol. The van der Waals surface area contributed by atoms with Crippen LogP contribution in [0.3, 0.4) is 0 Å². The highest BCUT2D eigenvalue weighted by Crippen LogP contribution is 2.45. The molecule has 0 N–H and O–H groups in total. The Morgan fingerprint density at radius 3 is 2.50 bits per heavy atom. The van der Waals surface area contributed by atoms with Gasteiger partial charge in [0, 0.05) is 19.5 Å². The fourth-order valence-corrected chi connectivity index (χ4v) is 4.06. The van der Waals surface area contributed by atoms with Crippen LogP contribution in [0.4, 0.5) is 0 Å². The molecule has 2 aliphatic heterocycles. The van der Waals surface area contributed by atoms with Crippen molar-refractivity contribution in [2.45, 2.75) is 38.5 Å². The molecule has 0 bridgehead atoms. The zero-order valence-electron chi connectivity index (χ0n) is 14.5. The summed E-state index contributed by atoms with van der Waals surface area (Å²) in [7, 11) is 1.78. The maximum atomic E-state index is 12.8. The summed E-state index contributed by atoms with van der Waals surface area (Å²) in [5, 5.41) is 0. The molecule has 0 atom stereocenters. The van der Waals surface area contributed by atoms with Gasteiger partial charge in [0.05, 0.1) is 31.8 Å². The van der Waals surface area contributed by atoms with Gasteiger partial charge in [0.25, 0.3) is 0 Å². The number of likely N-dealkylation sites (N-methyl/N-ethyl adjacent to an activating group) is 1. The van der Waals surface area contributed by atoms with Gasteiger partial charge < -0.3 is 9.64 Å². The minimum Gasteiger partial charge on any atom is -0.378 e. The second-order valence-corrected chi connectivity index (χ2v) is 7.29. The van der Waals surface area contributed by atoms with Crippen LogP contribution in [-0.2, 0) is 19.1 Å². The Morgan fingerprint density at radius 1 is 1.17 bits per heavy atom. The summed E-state index contributed by atoms with van der Waals surface area (Å²) >= 11 is 0. The smallest absolute Gasteiger partial charge is 0.237 e. The van der Waals surface area contributed by atoms with E-state index < -0.39 is 5.41 Å². The molecule has 7 heteroatoms. The molecule has 1 saturated carbocycles. The van der Waals surface area contributed by atoms with E-state index in [0.717, 1.165) is 32.1 Å². The molecule has 2 saturated heterocycles. The highest BCUT2D eigenvalue weighted by Gasteiger charge is 2.51. The van der Waals surface area contributed by atoms with Crippen LogP contribution < -0.4 is 0 Å². The molecule has 1 aliphatic carbocycles. The number of ether oxygens (including phenoxy) is 1. The van der Waals surface area contributed by atoms with Crippen LogP contribution in [0.25, 0.3) is 0 Å². The normalized spacial score (nSPS) is 24.2. The number of carbonyl (C=O) groups is 3. The molecule has 0 unspecified atom stereocenters. The number of amides is 3. The average Bonchev–Trinajstić information content (AvgIpc) is 2.80. The zero-order valence-corrected chi connectivity index (χ0v) is 14.5. The maximum Gasteiger partial charge on any atom is 0.237 e. The van der Waals surface area contributed by atoms with Gasteiger partial charge in [0.2, 0.25) is 17.7 Å². The number of nitrogens with zero attached hydrogens (tertiary/aromatic N) is 3. The Morgan fingerprint density at radius 2 is 1.83 bits per heavy atom. The summed E-state index contributed by atoms with van der Waals surface area (Å²) in [6.07, 6.45) is 5.19. The van der Waals surface area contributed by atoms with Crippen LogP contribution in [0.15, 0.2) is 0 Å². The SMILES string of the molecule is CN(CC(=O)N1CCOCC1)CN1C(=O)CC2(CCCCC2)C1=O. The molecule has 0 radical (unpaired) electrons. The minimum atomic E-state index is -0.454. The Balaban J connectivity index is 1.55. The van der Waals surface area contributed by atoms with Gasteiger partial charge in [-0.05, 0) is 19.9 Å². The highest BCUT2D eigenvalue weighted by atomic mass is 16.5. The predicted octanol–water partition coefficient (Wildman–Crippen LogP) is 0.444. The zero-order chi connectivity index (χ0) is 17.2. The Hall–Kier alpha value is -1.47. The molecule has 0 aromatic rings. The third-order valence-corrected chi connectivity index (χ3v) is 5.45. The molecule has 0 aromatic carbocycles. The molecule has 24 heavy (non-hydrogen) atoms. The van der Waals surface area contributed by atoms with Crippen LogP contribution in [0.2, 0.25) is 0 Å². The van der Waals surface area contributed by atoms with Gasteiger partial charge in [-0.2, -0.15) is 0 Å². The molecule has 1 spiro atoms. The summed E-state index contributed by atoms with van der Waals surface area (Å²) in [4.78, 5) is 42.3. The molecule has 3 amide bonds. The summed E-state index contributed by atoms with van der Waals surface area (Å²) < 4.78 is 5.25. The summed E-state index contributed by atoms with van der Waals surface area (Å²) in [6.45, 7) is 2.77. The first-order valence-electron chi connectivity index (χ1n) is 8.91. The van der Waals surface area contributed by atoms with Crippen molar-refractivity contribution in [1.29, 1.82) is 0 Å². The second kappa shape index (κ2) is 7.19. The standard InChI is InChI=1S/C17H27N3O4/c1-18(12-15(22)19-7-9-24-10-8-19)13-20-14(21)11-17(16(20)23)5-3-2-4-6-17/h2-13H2,1H3. The lowest BCUT2D eigenvalue weighted by atomic mass is 9.73. The number of morpholine rings is 1. The van der Waals surface area contributed by atoms with Gasteiger partial charge in [-0.3, -0.25) is 24.2 Å². The van der Waals surface area contributed by atoms with Gasteiger partial charge in [0.1, 0.15) is 0 Å². The largest absolute Gasteiger partial charge is 0.378 e. The van der Waals surface area contributed by atoms with Crippen molar-refractivity contribution < 1.29 is 19.1 Å². The number of rotatable bonds is 4. The molecule has 2 heterocycles. The Labute approximate surface area is 142 Å². The number of imide groups is 1. The van der Waals surface area contributed by atoms with Crippen LogP contribution in [0, 0.1) is 5.41 Å². The first kappa shape index (κ1) is 17.4. The molecular weight excluding hydrogens is 310 g/mol. The summed E-state index contributed by atoms with van der Waals surface area (Å²) in [6, 6.07) is 0.